The molecule has 2 heteroatoms. The maximum atomic E-state index is 3.50. The molecule has 2 atom stereocenters. The van der Waals surface area contributed by atoms with Gasteiger partial charge in [0, 0.05) is 18.1 Å². The smallest absolute Gasteiger partial charge is 0.0271 e. The standard InChI is InChI=1S/C12H26N2/c1-9(2)14(6)10-7-8-12(3,4)11(10)13-5/h9-11,13H,7-8H2,1-6H3. The highest BCUT2D eigenvalue weighted by molar-refractivity contribution is 5.00. The van der Waals surface area contributed by atoms with E-state index < -0.39 is 0 Å². The number of rotatable bonds is 3. The van der Waals surface area contributed by atoms with Crippen LogP contribution in [0.5, 0.6) is 0 Å². The second-order valence-electron chi connectivity index (χ2n) is 5.62. The lowest BCUT2D eigenvalue weighted by molar-refractivity contribution is 0.147. The van der Waals surface area contributed by atoms with Crippen molar-refractivity contribution in [2.24, 2.45) is 5.41 Å². The summed E-state index contributed by atoms with van der Waals surface area (Å²) >= 11 is 0. The van der Waals surface area contributed by atoms with Gasteiger partial charge in [0.05, 0.1) is 0 Å². The summed E-state index contributed by atoms with van der Waals surface area (Å²) in [5.74, 6) is 0. The van der Waals surface area contributed by atoms with E-state index in [0.717, 1.165) is 0 Å². The summed E-state index contributed by atoms with van der Waals surface area (Å²) in [6.07, 6.45) is 2.66. The van der Waals surface area contributed by atoms with Gasteiger partial charge in [-0.3, -0.25) is 4.90 Å². The third kappa shape index (κ3) is 2.12. The summed E-state index contributed by atoms with van der Waals surface area (Å²) in [6, 6.07) is 1.98. The zero-order valence-corrected chi connectivity index (χ0v) is 10.6. The molecule has 0 amide bonds. The third-order valence-corrected chi connectivity index (χ3v) is 3.96. The van der Waals surface area contributed by atoms with Crippen molar-refractivity contribution in [1.29, 1.82) is 0 Å². The summed E-state index contributed by atoms with van der Waals surface area (Å²) in [6.45, 7) is 9.31. The summed E-state index contributed by atoms with van der Waals surface area (Å²) in [5, 5.41) is 3.50. The van der Waals surface area contributed by atoms with Crippen LogP contribution in [-0.2, 0) is 0 Å². The molecule has 1 N–H and O–H groups in total. The van der Waals surface area contributed by atoms with Crippen molar-refractivity contribution >= 4 is 0 Å². The van der Waals surface area contributed by atoms with Crippen molar-refractivity contribution < 1.29 is 0 Å². The molecule has 0 aliphatic heterocycles. The first-order valence-corrected chi connectivity index (χ1v) is 5.79. The Hall–Kier alpha value is -0.0800. The molecule has 0 radical (unpaired) electrons. The van der Waals surface area contributed by atoms with E-state index in [9.17, 15) is 0 Å². The van der Waals surface area contributed by atoms with E-state index in [-0.39, 0.29) is 0 Å². The van der Waals surface area contributed by atoms with Crippen molar-refractivity contribution in [3.05, 3.63) is 0 Å². The van der Waals surface area contributed by atoms with Gasteiger partial charge in [0.25, 0.3) is 0 Å². The maximum Gasteiger partial charge on any atom is 0.0271 e. The van der Waals surface area contributed by atoms with Gasteiger partial charge >= 0.3 is 0 Å². The number of likely N-dealkylation sites (N-methyl/N-ethyl adjacent to an activating group) is 2. The normalized spacial score (nSPS) is 31.7. The van der Waals surface area contributed by atoms with Crippen LogP contribution < -0.4 is 5.32 Å². The molecule has 14 heavy (non-hydrogen) atoms. The topological polar surface area (TPSA) is 15.3 Å². The molecule has 2 unspecified atom stereocenters. The highest BCUT2D eigenvalue weighted by atomic mass is 15.2. The predicted molar refractivity (Wildman–Crippen MR) is 62.5 cm³/mol. The molecule has 0 aromatic rings. The fourth-order valence-electron chi connectivity index (χ4n) is 2.77. The van der Waals surface area contributed by atoms with Gasteiger partial charge in [-0.2, -0.15) is 0 Å². The number of hydrogen-bond acceptors (Lipinski definition) is 2. The summed E-state index contributed by atoms with van der Waals surface area (Å²) in [5.41, 5.74) is 0.447. The Morgan fingerprint density at radius 1 is 1.36 bits per heavy atom. The fourth-order valence-corrected chi connectivity index (χ4v) is 2.77. The van der Waals surface area contributed by atoms with E-state index >= 15 is 0 Å². The molecule has 0 spiro atoms. The van der Waals surface area contributed by atoms with Crippen LogP contribution >= 0.6 is 0 Å². The molecule has 1 fully saturated rings. The molecular weight excluding hydrogens is 172 g/mol. The van der Waals surface area contributed by atoms with E-state index in [1.165, 1.54) is 12.8 Å². The van der Waals surface area contributed by atoms with Crippen molar-refractivity contribution in [3.8, 4) is 0 Å². The SMILES string of the molecule is CNC1C(N(C)C(C)C)CCC1(C)C. The third-order valence-electron chi connectivity index (χ3n) is 3.96. The lowest BCUT2D eigenvalue weighted by Gasteiger charge is -2.37. The summed E-state index contributed by atoms with van der Waals surface area (Å²) < 4.78 is 0. The Labute approximate surface area is 89.1 Å². The van der Waals surface area contributed by atoms with Crippen molar-refractivity contribution in [2.45, 2.75) is 58.7 Å². The number of nitrogens with one attached hydrogen (secondary N) is 1. The molecule has 1 rings (SSSR count). The molecule has 1 aliphatic rings. The molecule has 0 bridgehead atoms. The van der Waals surface area contributed by atoms with Gasteiger partial charge in [-0.05, 0) is 46.2 Å². The Morgan fingerprint density at radius 3 is 2.36 bits per heavy atom. The summed E-state index contributed by atoms with van der Waals surface area (Å²) in [4.78, 5) is 2.51. The zero-order valence-electron chi connectivity index (χ0n) is 10.6. The minimum Gasteiger partial charge on any atom is -0.315 e. The van der Waals surface area contributed by atoms with Gasteiger partial charge < -0.3 is 5.32 Å². The van der Waals surface area contributed by atoms with Crippen LogP contribution in [0.15, 0.2) is 0 Å². The van der Waals surface area contributed by atoms with Crippen molar-refractivity contribution in [2.75, 3.05) is 14.1 Å². The second kappa shape index (κ2) is 4.19. The average Bonchev–Trinajstić information content (AvgIpc) is 2.39. The fraction of sp³-hybridized carbons (Fsp3) is 1.00. The van der Waals surface area contributed by atoms with E-state index in [1.54, 1.807) is 0 Å². The van der Waals surface area contributed by atoms with E-state index in [1.807, 2.05) is 0 Å². The molecule has 0 aromatic carbocycles. The molecule has 1 saturated carbocycles. The largest absolute Gasteiger partial charge is 0.315 e. The second-order valence-corrected chi connectivity index (χ2v) is 5.62. The number of hydrogen-bond donors (Lipinski definition) is 1. The van der Waals surface area contributed by atoms with Crippen LogP contribution in [0.4, 0.5) is 0 Å². The molecule has 84 valence electrons. The van der Waals surface area contributed by atoms with Gasteiger partial charge in [0.2, 0.25) is 0 Å². The Morgan fingerprint density at radius 2 is 1.93 bits per heavy atom. The monoisotopic (exact) mass is 198 g/mol. The molecular formula is C12H26N2. The quantitative estimate of drug-likeness (QED) is 0.747. The average molecular weight is 198 g/mol. The molecule has 1 aliphatic carbocycles. The minimum atomic E-state index is 0.447. The Balaban J connectivity index is 2.72. The zero-order chi connectivity index (χ0) is 10.9. The predicted octanol–water partition coefficient (Wildman–Crippen LogP) is 2.10. The highest BCUT2D eigenvalue weighted by Crippen LogP contribution is 2.39. The van der Waals surface area contributed by atoms with Crippen LogP contribution in [-0.4, -0.2) is 37.1 Å². The van der Waals surface area contributed by atoms with Gasteiger partial charge in [-0.25, -0.2) is 0 Å². The van der Waals surface area contributed by atoms with E-state index in [4.69, 9.17) is 0 Å². The lowest BCUT2D eigenvalue weighted by Crippen LogP contribution is -2.51. The molecule has 0 aromatic heterocycles. The first-order chi connectivity index (χ1) is 6.40. The van der Waals surface area contributed by atoms with Crippen molar-refractivity contribution in [3.63, 3.8) is 0 Å². The Kier molecular flexibility index (Phi) is 3.59. The van der Waals surface area contributed by atoms with E-state index in [2.05, 4.69) is 52.0 Å². The van der Waals surface area contributed by atoms with Crippen LogP contribution in [0.2, 0.25) is 0 Å². The van der Waals surface area contributed by atoms with Gasteiger partial charge in [-0.1, -0.05) is 13.8 Å². The van der Waals surface area contributed by atoms with Crippen LogP contribution in [0.25, 0.3) is 0 Å². The molecule has 0 saturated heterocycles. The van der Waals surface area contributed by atoms with Gasteiger partial charge in [0.15, 0.2) is 0 Å². The molecule has 2 nitrogen and oxygen atoms in total. The summed E-state index contributed by atoms with van der Waals surface area (Å²) in [7, 11) is 4.35. The highest BCUT2D eigenvalue weighted by Gasteiger charge is 2.42. The van der Waals surface area contributed by atoms with Gasteiger partial charge in [-0.15, -0.1) is 0 Å². The van der Waals surface area contributed by atoms with Crippen LogP contribution in [0, 0.1) is 5.41 Å². The van der Waals surface area contributed by atoms with Gasteiger partial charge in [0.1, 0.15) is 0 Å². The maximum absolute atomic E-state index is 3.50. The Bertz CT molecular complexity index is 187. The first kappa shape index (κ1) is 12.0. The first-order valence-electron chi connectivity index (χ1n) is 5.79. The molecule has 0 heterocycles. The number of nitrogens with zero attached hydrogens (tertiary/aromatic N) is 1. The van der Waals surface area contributed by atoms with Crippen LogP contribution in [0.3, 0.4) is 0 Å². The minimum absolute atomic E-state index is 0.447. The van der Waals surface area contributed by atoms with E-state index in [0.29, 0.717) is 23.5 Å². The van der Waals surface area contributed by atoms with Crippen molar-refractivity contribution in [1.82, 2.24) is 10.2 Å². The van der Waals surface area contributed by atoms with Crippen LogP contribution in [0.1, 0.15) is 40.5 Å². The lowest BCUT2D eigenvalue weighted by atomic mass is 9.86.